The third kappa shape index (κ3) is 2.77. The lowest BCUT2D eigenvalue weighted by Crippen LogP contribution is -2.11. The first-order valence-electron chi connectivity index (χ1n) is 7.17. The molecule has 2 heteroatoms. The maximum Gasteiger partial charge on any atom is 0.135 e. The highest BCUT2D eigenvalue weighted by molar-refractivity contribution is 9.09. The van der Waals surface area contributed by atoms with Crippen LogP contribution in [0, 0.1) is 0 Å². The molecular formula is C19H19BrO. The highest BCUT2D eigenvalue weighted by Crippen LogP contribution is 2.40. The Hall–Kier alpha value is -1.54. The summed E-state index contributed by atoms with van der Waals surface area (Å²) in [5.41, 5.74) is 5.01. The van der Waals surface area contributed by atoms with Crippen LogP contribution in [0.3, 0.4) is 0 Å². The molecule has 1 aliphatic heterocycles. The van der Waals surface area contributed by atoms with Crippen molar-refractivity contribution < 1.29 is 4.74 Å². The number of allylic oxidation sites excluding steroid dienone is 1. The standard InChI is InChI=1S/C19H19BrO/c1-19(2,3)15-8-9-18-16(11-15)14(12-20)10-13-6-4-5-7-17(13)21-18/h4-11H,12H2,1-3H3. The van der Waals surface area contributed by atoms with Crippen molar-refractivity contribution in [3.8, 4) is 11.5 Å². The van der Waals surface area contributed by atoms with Crippen molar-refractivity contribution in [1.29, 1.82) is 0 Å². The summed E-state index contributed by atoms with van der Waals surface area (Å²) in [5, 5.41) is 0.811. The van der Waals surface area contributed by atoms with Crippen LogP contribution in [0.1, 0.15) is 37.5 Å². The normalized spacial score (nSPS) is 13.6. The van der Waals surface area contributed by atoms with E-state index < -0.39 is 0 Å². The van der Waals surface area contributed by atoms with Crippen LogP contribution >= 0.6 is 15.9 Å². The minimum Gasteiger partial charge on any atom is -0.456 e. The Bertz CT molecular complexity index is 708. The summed E-state index contributed by atoms with van der Waals surface area (Å²) in [6, 6.07) is 14.7. The fourth-order valence-corrected chi connectivity index (χ4v) is 2.99. The van der Waals surface area contributed by atoms with Crippen LogP contribution in [-0.4, -0.2) is 5.33 Å². The molecule has 0 saturated heterocycles. The molecule has 3 rings (SSSR count). The van der Waals surface area contributed by atoms with Gasteiger partial charge in [0.05, 0.1) is 0 Å². The molecule has 1 heterocycles. The molecule has 0 aliphatic carbocycles. The fraction of sp³-hybridized carbons (Fsp3) is 0.263. The van der Waals surface area contributed by atoms with Crippen LogP contribution in [0.2, 0.25) is 0 Å². The van der Waals surface area contributed by atoms with Crippen LogP contribution in [0.15, 0.2) is 42.5 Å². The lowest BCUT2D eigenvalue weighted by Gasteiger charge is -2.21. The molecule has 2 aromatic rings. The van der Waals surface area contributed by atoms with Gasteiger partial charge in [-0.2, -0.15) is 0 Å². The quantitative estimate of drug-likeness (QED) is 0.575. The second-order valence-electron chi connectivity index (χ2n) is 6.40. The molecule has 2 aromatic carbocycles. The molecule has 0 unspecified atom stereocenters. The highest BCUT2D eigenvalue weighted by atomic mass is 79.9. The first kappa shape index (κ1) is 14.4. The molecule has 0 saturated carbocycles. The van der Waals surface area contributed by atoms with Gasteiger partial charge in [-0.05, 0) is 40.8 Å². The zero-order valence-electron chi connectivity index (χ0n) is 12.6. The Kier molecular flexibility index (Phi) is 3.66. The van der Waals surface area contributed by atoms with E-state index in [2.05, 4.69) is 67.0 Å². The number of ether oxygens (including phenoxy) is 1. The largest absolute Gasteiger partial charge is 0.456 e. The Balaban J connectivity index is 2.19. The van der Waals surface area contributed by atoms with Gasteiger partial charge >= 0.3 is 0 Å². The van der Waals surface area contributed by atoms with Crippen molar-refractivity contribution in [2.24, 2.45) is 0 Å². The SMILES string of the molecule is CC(C)(C)c1ccc2c(c1)C(CBr)=Cc1ccccc1O2. The summed E-state index contributed by atoms with van der Waals surface area (Å²) in [7, 11) is 0. The molecule has 0 fully saturated rings. The highest BCUT2D eigenvalue weighted by Gasteiger charge is 2.20. The molecule has 0 atom stereocenters. The van der Waals surface area contributed by atoms with Gasteiger partial charge in [0, 0.05) is 16.5 Å². The Morgan fingerprint density at radius 1 is 1.00 bits per heavy atom. The Morgan fingerprint density at radius 3 is 2.48 bits per heavy atom. The molecule has 0 bridgehead atoms. The molecule has 0 radical (unpaired) electrons. The molecule has 0 amide bonds. The molecule has 0 N–H and O–H groups in total. The number of alkyl halides is 1. The molecule has 1 aliphatic rings. The van der Waals surface area contributed by atoms with Crippen molar-refractivity contribution in [2.75, 3.05) is 5.33 Å². The monoisotopic (exact) mass is 342 g/mol. The Morgan fingerprint density at radius 2 is 1.76 bits per heavy atom. The van der Waals surface area contributed by atoms with Gasteiger partial charge in [0.25, 0.3) is 0 Å². The second kappa shape index (κ2) is 5.34. The number of hydrogen-bond donors (Lipinski definition) is 0. The smallest absolute Gasteiger partial charge is 0.135 e. The van der Waals surface area contributed by atoms with Crippen LogP contribution in [-0.2, 0) is 5.41 Å². The predicted molar refractivity (Wildman–Crippen MR) is 93.3 cm³/mol. The first-order chi connectivity index (χ1) is 9.99. The first-order valence-corrected chi connectivity index (χ1v) is 8.29. The van der Waals surface area contributed by atoms with E-state index in [1.54, 1.807) is 0 Å². The lowest BCUT2D eigenvalue weighted by atomic mass is 9.85. The number of rotatable bonds is 1. The van der Waals surface area contributed by atoms with Gasteiger partial charge in [-0.1, -0.05) is 61.0 Å². The van der Waals surface area contributed by atoms with Crippen LogP contribution in [0.25, 0.3) is 11.6 Å². The van der Waals surface area contributed by atoms with Gasteiger partial charge in [0.2, 0.25) is 0 Å². The number of para-hydroxylation sites is 1. The van der Waals surface area contributed by atoms with Crippen LogP contribution in [0.4, 0.5) is 0 Å². The van der Waals surface area contributed by atoms with E-state index in [1.807, 2.05) is 18.2 Å². The fourth-order valence-electron chi connectivity index (χ4n) is 2.52. The van der Waals surface area contributed by atoms with Gasteiger partial charge in [0.1, 0.15) is 11.5 Å². The zero-order chi connectivity index (χ0) is 15.0. The lowest BCUT2D eigenvalue weighted by molar-refractivity contribution is 0.480. The topological polar surface area (TPSA) is 9.23 Å². The van der Waals surface area contributed by atoms with Gasteiger partial charge in [-0.15, -0.1) is 0 Å². The van der Waals surface area contributed by atoms with E-state index in [4.69, 9.17) is 4.74 Å². The maximum atomic E-state index is 6.13. The van der Waals surface area contributed by atoms with Crippen LogP contribution in [0.5, 0.6) is 11.5 Å². The van der Waals surface area contributed by atoms with Crippen molar-refractivity contribution >= 4 is 27.6 Å². The summed E-state index contributed by atoms with van der Waals surface area (Å²) >= 11 is 3.62. The van der Waals surface area contributed by atoms with E-state index in [1.165, 1.54) is 16.7 Å². The molecular weight excluding hydrogens is 324 g/mol. The molecule has 108 valence electrons. The Labute approximate surface area is 134 Å². The number of benzene rings is 2. The van der Waals surface area contributed by atoms with E-state index in [0.717, 1.165) is 22.4 Å². The summed E-state index contributed by atoms with van der Waals surface area (Å²) in [6.07, 6.45) is 2.21. The van der Waals surface area contributed by atoms with E-state index in [0.29, 0.717) is 0 Å². The average Bonchev–Trinajstić information content (AvgIpc) is 2.61. The summed E-state index contributed by atoms with van der Waals surface area (Å²) in [6.45, 7) is 6.70. The van der Waals surface area contributed by atoms with Gasteiger partial charge in [-0.3, -0.25) is 0 Å². The van der Waals surface area contributed by atoms with Crippen molar-refractivity contribution in [1.82, 2.24) is 0 Å². The average molecular weight is 343 g/mol. The van der Waals surface area contributed by atoms with Gasteiger partial charge in [-0.25, -0.2) is 0 Å². The van der Waals surface area contributed by atoms with Crippen molar-refractivity contribution in [3.63, 3.8) is 0 Å². The summed E-state index contributed by atoms with van der Waals surface area (Å²) in [4.78, 5) is 0. The number of halogens is 1. The third-order valence-electron chi connectivity index (χ3n) is 3.80. The molecule has 0 spiro atoms. The minimum absolute atomic E-state index is 0.131. The molecule has 21 heavy (non-hydrogen) atoms. The van der Waals surface area contributed by atoms with E-state index in [-0.39, 0.29) is 5.41 Å². The van der Waals surface area contributed by atoms with E-state index in [9.17, 15) is 0 Å². The zero-order valence-corrected chi connectivity index (χ0v) is 14.2. The minimum atomic E-state index is 0.131. The summed E-state index contributed by atoms with van der Waals surface area (Å²) in [5.74, 6) is 1.84. The number of hydrogen-bond acceptors (Lipinski definition) is 1. The van der Waals surface area contributed by atoms with Crippen LogP contribution < -0.4 is 4.74 Å². The number of fused-ring (bicyclic) bond motifs is 2. The molecule has 0 aromatic heterocycles. The van der Waals surface area contributed by atoms with Gasteiger partial charge < -0.3 is 4.74 Å². The summed E-state index contributed by atoms with van der Waals surface area (Å²) < 4.78 is 6.13. The maximum absolute atomic E-state index is 6.13. The van der Waals surface area contributed by atoms with Crippen molar-refractivity contribution in [2.45, 2.75) is 26.2 Å². The third-order valence-corrected chi connectivity index (χ3v) is 4.41. The predicted octanol–water partition coefficient (Wildman–Crippen LogP) is 6.03. The second-order valence-corrected chi connectivity index (χ2v) is 6.96. The van der Waals surface area contributed by atoms with E-state index >= 15 is 0 Å². The van der Waals surface area contributed by atoms with Gasteiger partial charge in [0.15, 0.2) is 0 Å². The van der Waals surface area contributed by atoms with Crippen molar-refractivity contribution in [3.05, 3.63) is 59.2 Å². The molecule has 1 nitrogen and oxygen atoms in total.